The zero-order valence-electron chi connectivity index (χ0n) is 8.97. The summed E-state index contributed by atoms with van der Waals surface area (Å²) in [5.41, 5.74) is -5.53. The second-order valence-electron chi connectivity index (χ2n) is 3.11. The van der Waals surface area contributed by atoms with Crippen molar-refractivity contribution < 1.29 is 30.9 Å². The van der Waals surface area contributed by atoms with Crippen LogP contribution in [0.1, 0.15) is 6.92 Å². The molecule has 0 saturated heterocycles. The highest BCUT2D eigenvalue weighted by atomic mass is 32.2. The molecule has 1 amide bonds. The fourth-order valence-corrected chi connectivity index (χ4v) is 0.733. The first kappa shape index (κ1) is 15.7. The molecule has 1 N–H and O–H groups in total. The number of amides is 1. The molecule has 0 unspecified atom stereocenters. The van der Waals surface area contributed by atoms with E-state index >= 15 is 0 Å². The summed E-state index contributed by atoms with van der Waals surface area (Å²) in [6.07, 6.45) is 3.66. The first-order valence-electron chi connectivity index (χ1n) is 4.14. The van der Waals surface area contributed by atoms with Gasteiger partial charge in [-0.1, -0.05) is 0 Å². The van der Waals surface area contributed by atoms with Crippen LogP contribution in [0.5, 0.6) is 0 Å². The number of halogens is 3. The molecule has 0 aliphatic carbocycles. The maximum atomic E-state index is 10.7. The number of hydrogen-bond acceptors (Lipinski definition) is 4. The predicted octanol–water partition coefficient (Wildman–Crippen LogP) is 0.603. The molecule has 0 saturated carbocycles. The van der Waals surface area contributed by atoms with E-state index in [0.717, 1.165) is 0 Å². The average molecular weight is 276 g/mol. The molecule has 0 aromatic carbocycles. The second kappa shape index (κ2) is 5.36. The van der Waals surface area contributed by atoms with Crippen LogP contribution in [0.4, 0.5) is 13.2 Å². The Morgan fingerprint density at radius 3 is 1.88 bits per heavy atom. The fourth-order valence-electron chi connectivity index (χ4n) is 0.733. The summed E-state index contributed by atoms with van der Waals surface area (Å²) in [4.78, 5) is 14.2. The molecule has 1 aliphatic rings. The smallest absolute Gasteiger partial charge is 0.361 e. The van der Waals surface area contributed by atoms with Crippen molar-refractivity contribution in [3.63, 3.8) is 0 Å². The highest BCUT2D eigenvalue weighted by Gasteiger charge is 2.44. The molecule has 10 heteroatoms. The Balaban J connectivity index is 0.000000304. The van der Waals surface area contributed by atoms with Gasteiger partial charge in [-0.25, -0.2) is 0 Å². The topological polar surface area (TPSA) is 77.9 Å². The van der Waals surface area contributed by atoms with E-state index in [1.165, 1.54) is 0 Å². The van der Waals surface area contributed by atoms with Gasteiger partial charge in [-0.15, -0.1) is 0 Å². The lowest BCUT2D eigenvalue weighted by Gasteiger charge is -2.13. The van der Waals surface area contributed by atoms with Gasteiger partial charge in [0.05, 0.1) is 6.67 Å². The Morgan fingerprint density at radius 1 is 1.35 bits per heavy atom. The number of rotatable bonds is 0. The van der Waals surface area contributed by atoms with E-state index < -0.39 is 15.6 Å². The van der Waals surface area contributed by atoms with Crippen LogP contribution < -0.4 is 0 Å². The molecule has 0 aromatic heterocycles. The molecule has 1 heterocycles. The monoisotopic (exact) mass is 276 g/mol. The minimum atomic E-state index is -5.84. The van der Waals surface area contributed by atoms with Crippen molar-refractivity contribution in [3.05, 3.63) is 12.4 Å². The van der Waals surface area contributed by atoms with Gasteiger partial charge in [-0.3, -0.25) is 14.2 Å². The first-order chi connectivity index (χ1) is 7.45. The summed E-state index contributed by atoms with van der Waals surface area (Å²) in [7, 11) is -3.91. The van der Waals surface area contributed by atoms with Gasteiger partial charge >= 0.3 is 15.6 Å². The van der Waals surface area contributed by atoms with E-state index in [9.17, 15) is 18.0 Å². The average Bonchev–Trinajstić information content (AvgIpc) is 2.49. The van der Waals surface area contributed by atoms with Crippen molar-refractivity contribution in [1.82, 2.24) is 9.80 Å². The van der Waals surface area contributed by atoms with Gasteiger partial charge in [0.1, 0.15) is 0 Å². The van der Waals surface area contributed by atoms with Gasteiger partial charge in [-0.2, -0.15) is 21.6 Å². The van der Waals surface area contributed by atoms with Crippen molar-refractivity contribution in [2.24, 2.45) is 0 Å². The van der Waals surface area contributed by atoms with E-state index in [4.69, 9.17) is 13.0 Å². The van der Waals surface area contributed by atoms with Crippen LogP contribution in [-0.2, 0) is 14.9 Å². The quantitative estimate of drug-likeness (QED) is 0.518. The fraction of sp³-hybridized carbons (Fsp3) is 0.571. The van der Waals surface area contributed by atoms with Crippen LogP contribution >= 0.6 is 0 Å². The molecular weight excluding hydrogens is 265 g/mol. The summed E-state index contributed by atoms with van der Waals surface area (Å²) in [6, 6.07) is 0. The Morgan fingerprint density at radius 2 is 1.76 bits per heavy atom. The van der Waals surface area contributed by atoms with Crippen molar-refractivity contribution >= 4 is 16.0 Å². The van der Waals surface area contributed by atoms with Gasteiger partial charge in [0.2, 0.25) is 5.91 Å². The van der Waals surface area contributed by atoms with E-state index in [1.807, 2.05) is 18.1 Å². The van der Waals surface area contributed by atoms with Crippen molar-refractivity contribution in [2.45, 2.75) is 12.4 Å². The molecule has 0 spiro atoms. The van der Waals surface area contributed by atoms with Gasteiger partial charge in [0.15, 0.2) is 0 Å². The van der Waals surface area contributed by atoms with Gasteiger partial charge in [0.25, 0.3) is 0 Å². The van der Waals surface area contributed by atoms with Gasteiger partial charge in [0, 0.05) is 26.4 Å². The number of hydrogen-bond donors (Lipinski definition) is 1. The Labute approximate surface area is 96.0 Å². The Kier molecular flexibility index (Phi) is 4.95. The largest absolute Gasteiger partial charge is 0.522 e. The molecule has 0 aromatic rings. The molecule has 1 aliphatic heterocycles. The molecule has 0 fully saturated rings. The highest BCUT2D eigenvalue weighted by molar-refractivity contribution is 7.86. The van der Waals surface area contributed by atoms with Gasteiger partial charge in [-0.05, 0) is 0 Å². The maximum absolute atomic E-state index is 10.7. The van der Waals surface area contributed by atoms with E-state index in [-0.39, 0.29) is 5.91 Å². The molecule has 17 heavy (non-hydrogen) atoms. The lowest BCUT2D eigenvalue weighted by Crippen LogP contribution is -2.26. The Bertz CT molecular complexity index is 404. The van der Waals surface area contributed by atoms with Crippen LogP contribution in [0.25, 0.3) is 0 Å². The van der Waals surface area contributed by atoms with Gasteiger partial charge < -0.3 is 4.90 Å². The summed E-state index contributed by atoms with van der Waals surface area (Å²) in [5, 5.41) is 0. The van der Waals surface area contributed by atoms with Crippen molar-refractivity contribution in [3.8, 4) is 0 Å². The van der Waals surface area contributed by atoms with E-state index in [0.29, 0.717) is 6.67 Å². The maximum Gasteiger partial charge on any atom is 0.522 e. The van der Waals surface area contributed by atoms with Crippen LogP contribution in [0, 0.1) is 0 Å². The third-order valence-corrected chi connectivity index (χ3v) is 2.16. The lowest BCUT2D eigenvalue weighted by molar-refractivity contribution is -0.126. The van der Waals surface area contributed by atoms with Crippen LogP contribution in [0.15, 0.2) is 12.4 Å². The number of carbonyl (C=O) groups is 1. The highest BCUT2D eigenvalue weighted by Crippen LogP contribution is 2.20. The minimum absolute atomic E-state index is 0.0931. The number of carbonyl (C=O) groups excluding carboxylic acids is 1. The van der Waals surface area contributed by atoms with Crippen molar-refractivity contribution in [1.29, 1.82) is 0 Å². The first-order valence-corrected chi connectivity index (χ1v) is 5.58. The normalized spacial score (nSPS) is 15.6. The SMILES string of the molecule is CC(=O)N1C=CN(C)C1.O=S(=O)(O)C(F)(F)F. The second-order valence-corrected chi connectivity index (χ2v) is 4.52. The molecule has 100 valence electrons. The molecule has 0 atom stereocenters. The predicted molar refractivity (Wildman–Crippen MR) is 51.9 cm³/mol. The molecule has 0 bridgehead atoms. The third-order valence-electron chi connectivity index (χ3n) is 1.57. The minimum Gasteiger partial charge on any atom is -0.361 e. The van der Waals surface area contributed by atoms with Crippen LogP contribution in [0.2, 0.25) is 0 Å². The van der Waals surface area contributed by atoms with E-state index in [1.54, 1.807) is 18.0 Å². The number of alkyl halides is 3. The summed E-state index contributed by atoms with van der Waals surface area (Å²) >= 11 is 0. The third kappa shape index (κ3) is 5.54. The summed E-state index contributed by atoms with van der Waals surface area (Å²) < 4.78 is 57.5. The summed E-state index contributed by atoms with van der Waals surface area (Å²) in [6.45, 7) is 2.25. The Hall–Kier alpha value is -1.29. The van der Waals surface area contributed by atoms with E-state index in [2.05, 4.69) is 0 Å². The summed E-state index contributed by atoms with van der Waals surface area (Å²) in [5.74, 6) is 0.0931. The molecule has 6 nitrogen and oxygen atoms in total. The molecular formula is C7H11F3N2O4S. The van der Waals surface area contributed by atoms with Crippen LogP contribution in [0.3, 0.4) is 0 Å². The molecule has 1 rings (SSSR count). The zero-order valence-corrected chi connectivity index (χ0v) is 9.79. The number of nitrogens with zero attached hydrogens (tertiary/aromatic N) is 2. The van der Waals surface area contributed by atoms with Crippen molar-refractivity contribution in [2.75, 3.05) is 13.7 Å². The lowest BCUT2D eigenvalue weighted by atomic mass is 10.6. The van der Waals surface area contributed by atoms with Crippen LogP contribution in [-0.4, -0.2) is 47.9 Å². The molecule has 0 radical (unpaired) electrons. The zero-order chi connectivity index (χ0) is 13.9. The standard InChI is InChI=1S/C6H10N2O.CHF3O3S/c1-6(9)8-4-3-7(2)5-8;2-1(3,4)8(5,6)7/h3-4H,5H2,1-2H3;(H,5,6,7).